The normalized spacial score (nSPS) is 27.7. The minimum Gasteiger partial charge on any atom is -0.276 e. The molecule has 35 heavy (non-hydrogen) atoms. The Kier molecular flexibility index (Phi) is 5.10. The molecule has 1 saturated heterocycles. The van der Waals surface area contributed by atoms with Gasteiger partial charge in [-0.1, -0.05) is 18.2 Å². The summed E-state index contributed by atoms with van der Waals surface area (Å²) in [6.45, 7) is -1.60. The van der Waals surface area contributed by atoms with E-state index in [0.717, 1.165) is 46.6 Å². The Morgan fingerprint density at radius 1 is 1.03 bits per heavy atom. The molecule has 184 valence electrons. The van der Waals surface area contributed by atoms with E-state index in [0.29, 0.717) is 17.1 Å². The van der Waals surface area contributed by atoms with E-state index in [1.165, 1.54) is 0 Å². The first-order valence-electron chi connectivity index (χ1n) is 11.6. The molecule has 2 N–H and O–H groups in total. The lowest BCUT2D eigenvalue weighted by Crippen LogP contribution is -2.52. The molecule has 2 fully saturated rings. The zero-order valence-electron chi connectivity index (χ0n) is 18.7. The van der Waals surface area contributed by atoms with Crippen molar-refractivity contribution in [2.75, 3.05) is 13.1 Å². The summed E-state index contributed by atoms with van der Waals surface area (Å²) in [6, 6.07) is 13.7. The molecule has 11 heteroatoms. The van der Waals surface area contributed by atoms with Crippen molar-refractivity contribution in [3.8, 4) is 22.6 Å². The lowest BCUT2D eigenvalue weighted by molar-refractivity contribution is -0.136. The molecule has 3 aromatic rings. The van der Waals surface area contributed by atoms with Crippen molar-refractivity contribution < 1.29 is 21.6 Å². The van der Waals surface area contributed by atoms with Gasteiger partial charge in [-0.2, -0.15) is 35.7 Å². The topological polar surface area (TPSA) is 91.0 Å². The first-order chi connectivity index (χ1) is 16.6. The fraction of sp³-hybridized carbons (Fsp3) is 0.417. The molecule has 6 rings (SSSR count). The molecule has 3 atom stereocenters. The van der Waals surface area contributed by atoms with Crippen LogP contribution in [0.25, 0.3) is 22.6 Å². The summed E-state index contributed by atoms with van der Waals surface area (Å²) in [5, 5.41) is 7.47. The summed E-state index contributed by atoms with van der Waals surface area (Å²) >= 11 is 0. The van der Waals surface area contributed by atoms with Crippen LogP contribution in [-0.2, 0) is 23.1 Å². The summed E-state index contributed by atoms with van der Waals surface area (Å²) in [5.41, 5.74) is 4.65. The van der Waals surface area contributed by atoms with E-state index in [1.807, 2.05) is 36.4 Å². The highest BCUT2D eigenvalue weighted by Crippen LogP contribution is 2.50. The molecular formula is C24H24F3N5O2S. The second kappa shape index (κ2) is 7.87. The summed E-state index contributed by atoms with van der Waals surface area (Å²) < 4.78 is 67.9. The summed E-state index contributed by atoms with van der Waals surface area (Å²) in [5.74, 6) is -0.117. The standard InChI is InChI=1S/C24H24F3N5O2S/c25-24(26,27)14-32-13-23(31-35(32,33)34)18-6-7-19(23)11-17-9-16(5-4-15(17)10-18)21-12-22(30-29-21)20-3-1-2-8-28-20/h1-5,8-9,12,18-19,31H,6-7,10-11,13-14H2,(H,29,30)/t18-,19+,23+/m0/s1. The van der Waals surface area contributed by atoms with Crippen molar-refractivity contribution in [3.63, 3.8) is 0 Å². The van der Waals surface area contributed by atoms with E-state index in [4.69, 9.17) is 0 Å². The third-order valence-corrected chi connectivity index (χ3v) is 9.30. The Morgan fingerprint density at radius 3 is 2.51 bits per heavy atom. The molecule has 2 aliphatic carbocycles. The smallest absolute Gasteiger partial charge is 0.276 e. The summed E-state index contributed by atoms with van der Waals surface area (Å²) in [4.78, 5) is 4.34. The number of pyridine rings is 1. The molecule has 1 saturated carbocycles. The van der Waals surface area contributed by atoms with Gasteiger partial charge in [-0.05, 0) is 72.9 Å². The van der Waals surface area contributed by atoms with Crippen LogP contribution in [0.5, 0.6) is 0 Å². The van der Waals surface area contributed by atoms with E-state index >= 15 is 0 Å². The predicted octanol–water partition coefficient (Wildman–Crippen LogP) is 3.71. The molecule has 3 heterocycles. The minimum atomic E-state index is -4.58. The van der Waals surface area contributed by atoms with Crippen LogP contribution in [0.2, 0.25) is 0 Å². The lowest BCUT2D eigenvalue weighted by atomic mass is 9.79. The second-order valence-corrected chi connectivity index (χ2v) is 11.4. The molecule has 2 bridgehead atoms. The third-order valence-electron chi connectivity index (χ3n) is 7.73. The highest BCUT2D eigenvalue weighted by Gasteiger charge is 2.60. The van der Waals surface area contributed by atoms with Crippen LogP contribution in [0.15, 0.2) is 48.7 Å². The number of H-pyrrole nitrogens is 1. The molecule has 7 nitrogen and oxygen atoms in total. The van der Waals surface area contributed by atoms with Gasteiger partial charge < -0.3 is 0 Å². The van der Waals surface area contributed by atoms with E-state index in [2.05, 4.69) is 26.0 Å². The van der Waals surface area contributed by atoms with Crippen LogP contribution in [0.3, 0.4) is 0 Å². The quantitative estimate of drug-likeness (QED) is 0.570. The van der Waals surface area contributed by atoms with Crippen molar-refractivity contribution in [2.45, 2.75) is 37.4 Å². The van der Waals surface area contributed by atoms with E-state index in [9.17, 15) is 21.6 Å². The predicted molar refractivity (Wildman–Crippen MR) is 123 cm³/mol. The van der Waals surface area contributed by atoms with Crippen LogP contribution in [0.4, 0.5) is 13.2 Å². The molecule has 0 amide bonds. The number of hydrogen-bond acceptors (Lipinski definition) is 4. The van der Waals surface area contributed by atoms with E-state index in [-0.39, 0.29) is 18.4 Å². The molecule has 0 unspecified atom stereocenters. The maximum Gasteiger partial charge on any atom is 0.402 e. The van der Waals surface area contributed by atoms with Crippen LogP contribution >= 0.6 is 0 Å². The number of halogens is 3. The van der Waals surface area contributed by atoms with Crippen LogP contribution in [0, 0.1) is 11.8 Å². The third kappa shape index (κ3) is 3.95. The van der Waals surface area contributed by atoms with Gasteiger partial charge in [-0.3, -0.25) is 10.1 Å². The van der Waals surface area contributed by atoms with Crippen molar-refractivity contribution in [2.24, 2.45) is 11.8 Å². The van der Waals surface area contributed by atoms with Gasteiger partial charge in [-0.25, -0.2) is 0 Å². The highest BCUT2D eigenvalue weighted by molar-refractivity contribution is 7.87. The SMILES string of the molecule is O=S1(=O)N[C@@]2(CN1CC(F)(F)F)[C@@H]1CC[C@H]2Cc2ccc(-c3cc(-c4ccccn4)[nH]n3)cc2C1. The van der Waals surface area contributed by atoms with E-state index in [1.54, 1.807) is 6.20 Å². The minimum absolute atomic E-state index is 0.0475. The second-order valence-electron chi connectivity index (χ2n) is 9.78. The first-order valence-corrected chi connectivity index (χ1v) is 13.0. The number of hydrogen-bond donors (Lipinski definition) is 2. The van der Waals surface area contributed by atoms with Crippen LogP contribution in [-0.4, -0.2) is 52.7 Å². The molecule has 3 aliphatic rings. The largest absolute Gasteiger partial charge is 0.402 e. The number of fused-ring (bicyclic) bond motifs is 1. The van der Waals surface area contributed by atoms with Gasteiger partial charge in [0.15, 0.2) is 0 Å². The van der Waals surface area contributed by atoms with Crippen molar-refractivity contribution in [1.29, 1.82) is 0 Å². The Balaban J connectivity index is 1.30. The summed E-state index contributed by atoms with van der Waals surface area (Å²) in [6.07, 6.45) is -0.0480. The number of nitrogens with one attached hydrogen (secondary N) is 2. The van der Waals surface area contributed by atoms with E-state index < -0.39 is 28.5 Å². The Hall–Kier alpha value is -2.76. The Morgan fingerprint density at radius 2 is 1.80 bits per heavy atom. The molecule has 2 aromatic heterocycles. The number of rotatable bonds is 3. The monoisotopic (exact) mass is 503 g/mol. The maximum absolute atomic E-state index is 13.1. The van der Waals surface area contributed by atoms with Gasteiger partial charge in [0.25, 0.3) is 10.2 Å². The molecule has 0 radical (unpaired) electrons. The lowest BCUT2D eigenvalue weighted by Gasteiger charge is -2.33. The van der Waals surface area contributed by atoms with Crippen LogP contribution in [0.1, 0.15) is 24.0 Å². The van der Waals surface area contributed by atoms with Crippen molar-refractivity contribution >= 4 is 10.2 Å². The molecule has 1 aromatic carbocycles. The molecular weight excluding hydrogens is 479 g/mol. The summed E-state index contributed by atoms with van der Waals surface area (Å²) in [7, 11) is -4.19. The first kappa shape index (κ1) is 22.7. The molecule has 1 aliphatic heterocycles. The number of aromatic amines is 1. The van der Waals surface area contributed by atoms with Gasteiger partial charge in [0.2, 0.25) is 0 Å². The number of aromatic nitrogens is 3. The van der Waals surface area contributed by atoms with Gasteiger partial charge in [-0.15, -0.1) is 0 Å². The zero-order valence-corrected chi connectivity index (χ0v) is 19.5. The average molecular weight is 504 g/mol. The van der Waals surface area contributed by atoms with Crippen molar-refractivity contribution in [3.05, 3.63) is 59.8 Å². The van der Waals surface area contributed by atoms with Gasteiger partial charge in [0.05, 0.1) is 22.6 Å². The van der Waals surface area contributed by atoms with Gasteiger partial charge >= 0.3 is 6.18 Å². The van der Waals surface area contributed by atoms with Gasteiger partial charge in [0, 0.05) is 18.3 Å². The maximum atomic E-state index is 13.1. The fourth-order valence-corrected chi connectivity index (χ4v) is 7.83. The number of alkyl halides is 3. The Labute approximate surface area is 200 Å². The van der Waals surface area contributed by atoms with Crippen LogP contribution < -0.4 is 4.72 Å². The fourth-order valence-electron chi connectivity index (χ4n) is 6.13. The average Bonchev–Trinajstić information content (AvgIpc) is 3.43. The number of nitrogens with zero attached hydrogens (tertiary/aromatic N) is 3. The van der Waals surface area contributed by atoms with Gasteiger partial charge in [0.1, 0.15) is 6.54 Å². The molecule has 1 spiro atoms. The Bertz CT molecular complexity index is 1380. The number of benzene rings is 1. The van der Waals surface area contributed by atoms with Crippen molar-refractivity contribution in [1.82, 2.24) is 24.2 Å². The zero-order chi connectivity index (χ0) is 24.4. The highest BCUT2D eigenvalue weighted by atomic mass is 32.2.